The van der Waals surface area contributed by atoms with Gasteiger partial charge in [-0.1, -0.05) is 27.0 Å². The molecule has 0 radical (unpaired) electrons. The molecule has 0 spiro atoms. The molecule has 0 heterocycles. The first-order chi connectivity index (χ1) is 4.95. The van der Waals surface area contributed by atoms with Crippen molar-refractivity contribution >= 4 is 0 Å². The van der Waals surface area contributed by atoms with Crippen molar-refractivity contribution in [2.24, 2.45) is 11.7 Å². The summed E-state index contributed by atoms with van der Waals surface area (Å²) < 4.78 is 12.7. The topological polar surface area (TPSA) is 26.0 Å². The number of hydrogen-bond donors (Lipinski definition) is 1. The lowest BCUT2D eigenvalue weighted by atomic mass is 10.0. The molecule has 1 nitrogen and oxygen atoms in total. The predicted octanol–water partition coefficient (Wildman–Crippen LogP) is 2.52. The lowest BCUT2D eigenvalue weighted by Crippen LogP contribution is -1.96. The van der Waals surface area contributed by atoms with Gasteiger partial charge in [-0.3, -0.25) is 0 Å². The number of halogens is 1. The zero-order valence-corrected chi connectivity index (χ0v) is 7.02. The highest BCUT2D eigenvalue weighted by molar-refractivity contribution is 5.28. The van der Waals surface area contributed by atoms with Crippen LogP contribution < -0.4 is 5.73 Å². The van der Waals surface area contributed by atoms with Crippen LogP contribution in [0.5, 0.6) is 0 Å². The van der Waals surface area contributed by atoms with E-state index in [9.17, 15) is 4.39 Å². The van der Waals surface area contributed by atoms with Crippen molar-refractivity contribution in [1.29, 1.82) is 0 Å². The third-order valence-corrected chi connectivity index (χ3v) is 1.36. The van der Waals surface area contributed by atoms with Gasteiger partial charge in [-0.2, -0.15) is 0 Å². The van der Waals surface area contributed by atoms with Gasteiger partial charge in [0.05, 0.1) is 5.70 Å². The van der Waals surface area contributed by atoms with E-state index >= 15 is 0 Å². The molecule has 0 saturated heterocycles. The third kappa shape index (κ3) is 3.61. The van der Waals surface area contributed by atoms with Crippen LogP contribution in [-0.4, -0.2) is 0 Å². The van der Waals surface area contributed by atoms with Crippen molar-refractivity contribution in [2.45, 2.75) is 13.8 Å². The van der Waals surface area contributed by atoms with Gasteiger partial charge in [-0.05, 0) is 17.6 Å². The Labute approximate surface area is 67.1 Å². The maximum Gasteiger partial charge on any atom is 0.145 e. The van der Waals surface area contributed by atoms with Crippen molar-refractivity contribution < 1.29 is 4.39 Å². The van der Waals surface area contributed by atoms with Gasteiger partial charge in [-0.25, -0.2) is 4.39 Å². The highest BCUT2D eigenvalue weighted by Crippen LogP contribution is 2.13. The maximum atomic E-state index is 12.7. The standard InChI is InChI=1S/C9H14FN/c1-6(2)7(3)5-9(10)8(4)11/h5-6H,3-4,11H2,1-2H3/b9-5+. The molecule has 0 fully saturated rings. The average Bonchev–Trinajstić information content (AvgIpc) is 1.87. The molecule has 0 aliphatic rings. The van der Waals surface area contributed by atoms with Crippen LogP contribution in [-0.2, 0) is 0 Å². The first-order valence-electron chi connectivity index (χ1n) is 3.46. The molecule has 2 heteroatoms. The quantitative estimate of drug-likeness (QED) is 0.623. The first-order valence-corrected chi connectivity index (χ1v) is 3.46. The summed E-state index contributed by atoms with van der Waals surface area (Å²) in [5, 5.41) is 0. The Morgan fingerprint density at radius 2 is 1.91 bits per heavy atom. The van der Waals surface area contributed by atoms with E-state index in [0.29, 0.717) is 5.57 Å². The Morgan fingerprint density at radius 1 is 1.45 bits per heavy atom. The van der Waals surface area contributed by atoms with Crippen LogP contribution >= 0.6 is 0 Å². The molecule has 0 amide bonds. The van der Waals surface area contributed by atoms with E-state index in [1.165, 1.54) is 6.08 Å². The Balaban J connectivity index is 4.32. The van der Waals surface area contributed by atoms with E-state index < -0.39 is 5.83 Å². The molecule has 0 bridgehead atoms. The normalized spacial score (nSPS) is 11.8. The molecule has 11 heavy (non-hydrogen) atoms. The van der Waals surface area contributed by atoms with E-state index in [1.807, 2.05) is 13.8 Å². The number of nitrogens with two attached hydrogens (primary N) is 1. The minimum atomic E-state index is -0.497. The summed E-state index contributed by atoms with van der Waals surface area (Å²) in [7, 11) is 0. The third-order valence-electron chi connectivity index (χ3n) is 1.36. The van der Waals surface area contributed by atoms with Gasteiger partial charge in [0.1, 0.15) is 5.83 Å². The summed E-state index contributed by atoms with van der Waals surface area (Å²) in [6, 6.07) is 0. The lowest BCUT2D eigenvalue weighted by Gasteiger charge is -2.03. The largest absolute Gasteiger partial charge is 0.397 e. The molecule has 0 aromatic carbocycles. The fourth-order valence-electron chi connectivity index (χ4n) is 0.422. The van der Waals surface area contributed by atoms with Crippen LogP contribution in [0.4, 0.5) is 4.39 Å². The Morgan fingerprint density at radius 3 is 2.18 bits per heavy atom. The molecule has 0 aromatic rings. The Kier molecular flexibility index (Phi) is 3.58. The maximum absolute atomic E-state index is 12.7. The smallest absolute Gasteiger partial charge is 0.145 e. The number of hydrogen-bond acceptors (Lipinski definition) is 1. The van der Waals surface area contributed by atoms with Gasteiger partial charge < -0.3 is 5.73 Å². The molecule has 0 aromatic heterocycles. The first kappa shape index (κ1) is 9.95. The van der Waals surface area contributed by atoms with E-state index in [2.05, 4.69) is 13.2 Å². The van der Waals surface area contributed by atoms with Gasteiger partial charge in [0.2, 0.25) is 0 Å². The zero-order valence-electron chi connectivity index (χ0n) is 7.02. The molecular formula is C9H14FN. The van der Waals surface area contributed by atoms with Crippen molar-refractivity contribution in [1.82, 2.24) is 0 Å². The van der Waals surface area contributed by atoms with Gasteiger partial charge in [0.25, 0.3) is 0 Å². The van der Waals surface area contributed by atoms with Crippen LogP contribution in [0.25, 0.3) is 0 Å². The second kappa shape index (κ2) is 3.96. The van der Waals surface area contributed by atoms with Crippen molar-refractivity contribution in [3.63, 3.8) is 0 Å². The molecule has 0 rings (SSSR count). The SMILES string of the molecule is C=C(N)/C(F)=C\C(=C)C(C)C. The van der Waals surface area contributed by atoms with Crippen molar-refractivity contribution in [3.8, 4) is 0 Å². The monoisotopic (exact) mass is 155 g/mol. The summed E-state index contributed by atoms with van der Waals surface area (Å²) in [5.41, 5.74) is 5.77. The van der Waals surface area contributed by atoms with Gasteiger partial charge in [0.15, 0.2) is 0 Å². The van der Waals surface area contributed by atoms with Gasteiger partial charge in [0, 0.05) is 0 Å². The minimum Gasteiger partial charge on any atom is -0.397 e. The van der Waals surface area contributed by atoms with Gasteiger partial charge >= 0.3 is 0 Å². The lowest BCUT2D eigenvalue weighted by molar-refractivity contribution is 0.643. The summed E-state index contributed by atoms with van der Waals surface area (Å²) in [6.07, 6.45) is 1.31. The zero-order chi connectivity index (χ0) is 9.02. The summed E-state index contributed by atoms with van der Waals surface area (Å²) in [5.74, 6) is -0.260. The predicted molar refractivity (Wildman–Crippen MR) is 46.5 cm³/mol. The van der Waals surface area contributed by atoms with E-state index in [1.54, 1.807) is 0 Å². The molecule has 0 aliphatic heterocycles. The van der Waals surface area contributed by atoms with Crippen LogP contribution in [0.2, 0.25) is 0 Å². The Bertz CT molecular complexity index is 202. The van der Waals surface area contributed by atoms with Crippen molar-refractivity contribution in [3.05, 3.63) is 36.3 Å². The van der Waals surface area contributed by atoms with E-state index in [-0.39, 0.29) is 11.6 Å². The fraction of sp³-hybridized carbons (Fsp3) is 0.333. The van der Waals surface area contributed by atoms with Crippen molar-refractivity contribution in [2.75, 3.05) is 0 Å². The molecule has 0 aliphatic carbocycles. The second-order valence-electron chi connectivity index (χ2n) is 2.75. The summed E-state index contributed by atoms with van der Waals surface area (Å²) in [6.45, 7) is 10.8. The highest BCUT2D eigenvalue weighted by atomic mass is 19.1. The highest BCUT2D eigenvalue weighted by Gasteiger charge is 2.00. The molecule has 0 atom stereocenters. The number of rotatable bonds is 3. The average molecular weight is 155 g/mol. The van der Waals surface area contributed by atoms with Gasteiger partial charge in [-0.15, -0.1) is 0 Å². The molecule has 62 valence electrons. The van der Waals surface area contributed by atoms with Crippen LogP contribution in [0, 0.1) is 5.92 Å². The second-order valence-corrected chi connectivity index (χ2v) is 2.75. The number of allylic oxidation sites excluding steroid dienone is 3. The van der Waals surface area contributed by atoms with Crippen LogP contribution in [0.3, 0.4) is 0 Å². The van der Waals surface area contributed by atoms with Crippen LogP contribution in [0.1, 0.15) is 13.8 Å². The Hall–Kier alpha value is -1.05. The fourth-order valence-corrected chi connectivity index (χ4v) is 0.422. The van der Waals surface area contributed by atoms with Crippen LogP contribution in [0.15, 0.2) is 36.3 Å². The van der Waals surface area contributed by atoms with E-state index in [0.717, 1.165) is 0 Å². The molecule has 0 unspecified atom stereocenters. The summed E-state index contributed by atoms with van der Waals surface area (Å²) in [4.78, 5) is 0. The van der Waals surface area contributed by atoms with E-state index in [4.69, 9.17) is 5.73 Å². The minimum absolute atomic E-state index is 0.0493. The summed E-state index contributed by atoms with van der Waals surface area (Å²) >= 11 is 0. The molecule has 0 saturated carbocycles. The molecule has 2 N–H and O–H groups in total. The molecular weight excluding hydrogens is 141 g/mol.